The van der Waals surface area contributed by atoms with Crippen LogP contribution in [0, 0.1) is 6.92 Å². The van der Waals surface area contributed by atoms with Crippen molar-refractivity contribution in [2.45, 2.75) is 52.1 Å². The molecule has 0 saturated heterocycles. The lowest BCUT2D eigenvalue weighted by Gasteiger charge is -2.23. The highest BCUT2D eigenvalue weighted by atomic mass is 15.5. The van der Waals surface area contributed by atoms with Gasteiger partial charge in [0.2, 0.25) is 0 Å². The normalized spacial score (nSPS) is 17.7. The predicted octanol–water partition coefficient (Wildman–Crippen LogP) is 1.57. The summed E-state index contributed by atoms with van der Waals surface area (Å²) >= 11 is 0. The first-order valence-electron chi connectivity index (χ1n) is 7.99. The van der Waals surface area contributed by atoms with Gasteiger partial charge in [-0.2, -0.15) is 5.10 Å². The molecule has 23 heavy (non-hydrogen) atoms. The molecule has 0 spiro atoms. The summed E-state index contributed by atoms with van der Waals surface area (Å²) < 4.78 is 3.59. The van der Waals surface area contributed by atoms with Crippen LogP contribution in [0.3, 0.4) is 0 Å². The SMILES string of the molecule is Cc1nc2ccc(N[C@H]3CCc4nc(C(C)C)nn4C3)nn2n1. The van der Waals surface area contributed by atoms with Crippen molar-refractivity contribution in [3.8, 4) is 0 Å². The van der Waals surface area contributed by atoms with Crippen LogP contribution in [0.4, 0.5) is 5.82 Å². The Morgan fingerprint density at radius 1 is 1.17 bits per heavy atom. The Bertz CT molecular complexity index is 846. The summed E-state index contributed by atoms with van der Waals surface area (Å²) in [5.74, 6) is 3.90. The number of anilines is 1. The number of hydrogen-bond acceptors (Lipinski definition) is 6. The van der Waals surface area contributed by atoms with E-state index in [9.17, 15) is 0 Å². The molecule has 0 unspecified atom stereocenters. The zero-order valence-electron chi connectivity index (χ0n) is 13.6. The van der Waals surface area contributed by atoms with E-state index < -0.39 is 0 Å². The molecule has 4 rings (SSSR count). The molecule has 8 heteroatoms. The molecule has 0 aliphatic carbocycles. The largest absolute Gasteiger partial charge is 0.364 e. The third kappa shape index (κ3) is 2.64. The molecule has 1 aliphatic heterocycles. The van der Waals surface area contributed by atoms with E-state index in [1.807, 2.05) is 23.7 Å². The fourth-order valence-corrected chi connectivity index (χ4v) is 2.86. The molecule has 0 radical (unpaired) electrons. The van der Waals surface area contributed by atoms with E-state index in [4.69, 9.17) is 0 Å². The van der Waals surface area contributed by atoms with Crippen LogP contribution in [0.1, 0.15) is 43.7 Å². The van der Waals surface area contributed by atoms with E-state index >= 15 is 0 Å². The number of rotatable bonds is 3. The molecule has 1 aliphatic rings. The topological polar surface area (TPSA) is 85.8 Å². The molecular formula is C15H20N8. The highest BCUT2D eigenvalue weighted by Gasteiger charge is 2.22. The van der Waals surface area contributed by atoms with E-state index in [0.29, 0.717) is 12.0 Å². The zero-order chi connectivity index (χ0) is 16.0. The van der Waals surface area contributed by atoms with Crippen LogP contribution in [0.5, 0.6) is 0 Å². The van der Waals surface area contributed by atoms with Crippen LogP contribution in [0.2, 0.25) is 0 Å². The van der Waals surface area contributed by atoms with Crippen LogP contribution >= 0.6 is 0 Å². The van der Waals surface area contributed by atoms with Crippen molar-refractivity contribution in [3.05, 3.63) is 29.6 Å². The summed E-state index contributed by atoms with van der Waals surface area (Å²) in [5.41, 5.74) is 0.761. The van der Waals surface area contributed by atoms with Crippen LogP contribution < -0.4 is 5.32 Å². The average molecular weight is 312 g/mol. The molecule has 0 saturated carbocycles. The average Bonchev–Trinajstić information content (AvgIpc) is 3.08. The number of aromatic nitrogens is 7. The Kier molecular flexibility index (Phi) is 3.24. The third-order valence-electron chi connectivity index (χ3n) is 4.06. The number of aryl methyl sites for hydroxylation is 2. The van der Waals surface area contributed by atoms with Gasteiger partial charge in [-0.25, -0.2) is 14.6 Å². The van der Waals surface area contributed by atoms with Crippen LogP contribution in [-0.2, 0) is 13.0 Å². The molecule has 0 bridgehead atoms. The van der Waals surface area contributed by atoms with E-state index in [1.54, 1.807) is 4.63 Å². The van der Waals surface area contributed by atoms with Gasteiger partial charge in [0.1, 0.15) is 17.5 Å². The molecule has 0 fully saturated rings. The number of hydrogen-bond donors (Lipinski definition) is 1. The number of nitrogens with zero attached hydrogens (tertiary/aromatic N) is 7. The Balaban J connectivity index is 1.52. The number of fused-ring (bicyclic) bond motifs is 2. The highest BCUT2D eigenvalue weighted by molar-refractivity contribution is 5.43. The first kappa shape index (κ1) is 14.1. The lowest BCUT2D eigenvalue weighted by atomic mass is 10.1. The lowest BCUT2D eigenvalue weighted by Crippen LogP contribution is -2.32. The van der Waals surface area contributed by atoms with E-state index in [0.717, 1.165) is 48.3 Å². The minimum atomic E-state index is 0.291. The van der Waals surface area contributed by atoms with Crippen LogP contribution in [0.25, 0.3) is 5.65 Å². The first-order chi connectivity index (χ1) is 11.1. The fraction of sp³-hybridized carbons (Fsp3) is 0.533. The Morgan fingerprint density at radius 3 is 2.87 bits per heavy atom. The molecule has 0 amide bonds. The molecule has 3 aromatic rings. The summed E-state index contributed by atoms with van der Waals surface area (Å²) in [6.07, 6.45) is 1.95. The molecule has 120 valence electrons. The summed E-state index contributed by atoms with van der Waals surface area (Å²) in [6.45, 7) is 6.92. The Labute approximate surface area is 133 Å². The maximum Gasteiger partial charge on any atom is 0.176 e. The van der Waals surface area contributed by atoms with Crippen molar-refractivity contribution in [3.63, 3.8) is 0 Å². The van der Waals surface area contributed by atoms with Crippen molar-refractivity contribution < 1.29 is 0 Å². The minimum Gasteiger partial charge on any atom is -0.364 e. The molecule has 0 aromatic carbocycles. The molecule has 4 heterocycles. The van der Waals surface area contributed by atoms with E-state index in [1.165, 1.54) is 0 Å². The quantitative estimate of drug-likeness (QED) is 0.790. The number of nitrogens with one attached hydrogen (secondary N) is 1. The molecule has 8 nitrogen and oxygen atoms in total. The molecular weight excluding hydrogens is 292 g/mol. The highest BCUT2D eigenvalue weighted by Crippen LogP contribution is 2.19. The second-order valence-electron chi connectivity index (χ2n) is 6.33. The summed E-state index contributed by atoms with van der Waals surface area (Å²) in [6, 6.07) is 4.16. The van der Waals surface area contributed by atoms with Gasteiger partial charge in [0, 0.05) is 18.4 Å². The minimum absolute atomic E-state index is 0.291. The van der Waals surface area contributed by atoms with Crippen LogP contribution in [-0.4, -0.2) is 40.6 Å². The van der Waals surface area contributed by atoms with Crippen molar-refractivity contribution in [2.24, 2.45) is 0 Å². The van der Waals surface area contributed by atoms with Crippen molar-refractivity contribution in [2.75, 3.05) is 5.32 Å². The van der Waals surface area contributed by atoms with Gasteiger partial charge in [-0.1, -0.05) is 13.8 Å². The van der Waals surface area contributed by atoms with Crippen LogP contribution in [0.15, 0.2) is 12.1 Å². The second kappa shape index (κ2) is 5.29. The molecule has 1 atom stereocenters. The predicted molar refractivity (Wildman–Crippen MR) is 85.4 cm³/mol. The van der Waals surface area contributed by atoms with Crippen molar-refractivity contribution in [1.82, 2.24) is 34.6 Å². The summed E-state index contributed by atoms with van der Waals surface area (Å²) in [4.78, 5) is 8.91. The van der Waals surface area contributed by atoms with Crippen molar-refractivity contribution in [1.29, 1.82) is 0 Å². The summed E-state index contributed by atoms with van der Waals surface area (Å²) in [7, 11) is 0. The van der Waals surface area contributed by atoms with Gasteiger partial charge in [-0.05, 0) is 25.5 Å². The van der Waals surface area contributed by atoms with Gasteiger partial charge in [-0.3, -0.25) is 0 Å². The standard InChI is InChI=1S/C15H20N8/c1-9(2)15-18-13-6-4-11(8-22(13)21-15)17-12-5-7-14-16-10(3)19-23(14)20-12/h5,7,9,11H,4,6,8H2,1-3H3,(H,17,20)/t11-/m0/s1. The lowest BCUT2D eigenvalue weighted by molar-refractivity contribution is 0.438. The van der Waals surface area contributed by atoms with Crippen molar-refractivity contribution >= 4 is 11.5 Å². The zero-order valence-corrected chi connectivity index (χ0v) is 13.6. The second-order valence-corrected chi connectivity index (χ2v) is 6.33. The van der Waals surface area contributed by atoms with Gasteiger partial charge in [-0.15, -0.1) is 14.8 Å². The fourth-order valence-electron chi connectivity index (χ4n) is 2.86. The Hall–Kier alpha value is -2.51. The molecule has 1 N–H and O–H groups in total. The van der Waals surface area contributed by atoms with Gasteiger partial charge in [0.25, 0.3) is 0 Å². The van der Waals surface area contributed by atoms with Gasteiger partial charge in [0.05, 0.1) is 6.54 Å². The third-order valence-corrected chi connectivity index (χ3v) is 4.06. The summed E-state index contributed by atoms with van der Waals surface area (Å²) in [5, 5.41) is 16.8. The van der Waals surface area contributed by atoms with E-state index in [2.05, 4.69) is 44.4 Å². The monoisotopic (exact) mass is 312 g/mol. The van der Waals surface area contributed by atoms with E-state index in [-0.39, 0.29) is 0 Å². The van der Waals surface area contributed by atoms with Gasteiger partial charge >= 0.3 is 0 Å². The smallest absolute Gasteiger partial charge is 0.176 e. The Morgan fingerprint density at radius 2 is 2.04 bits per heavy atom. The van der Waals surface area contributed by atoms with Gasteiger partial charge < -0.3 is 5.32 Å². The molecule has 3 aromatic heterocycles. The maximum absolute atomic E-state index is 4.62. The maximum atomic E-state index is 4.62. The first-order valence-corrected chi connectivity index (χ1v) is 7.99. The van der Waals surface area contributed by atoms with Gasteiger partial charge in [0.15, 0.2) is 11.5 Å².